The molecule has 1 amide bonds. The van der Waals surface area contributed by atoms with Crippen LogP contribution in [0.5, 0.6) is 11.5 Å². The van der Waals surface area contributed by atoms with Crippen LogP contribution in [-0.2, 0) is 9.53 Å². The zero-order valence-corrected chi connectivity index (χ0v) is 14.1. The minimum atomic E-state index is -0.956. The second-order valence-electron chi connectivity index (χ2n) is 5.37. The second-order valence-corrected chi connectivity index (χ2v) is 5.37. The number of nitro groups is 1. The van der Waals surface area contributed by atoms with Gasteiger partial charge in [0.25, 0.3) is 11.6 Å². The van der Waals surface area contributed by atoms with Crippen LogP contribution in [0.2, 0.25) is 0 Å². The molecule has 1 aliphatic rings. The molecular weight excluding hydrogens is 332 g/mol. The molecule has 9 heteroatoms. The van der Waals surface area contributed by atoms with Gasteiger partial charge in [-0.15, -0.1) is 0 Å². The first-order valence-electron chi connectivity index (χ1n) is 7.92. The number of benzene rings is 1. The lowest BCUT2D eigenvalue weighted by molar-refractivity contribution is -0.385. The van der Waals surface area contributed by atoms with E-state index in [1.807, 2.05) is 0 Å². The third kappa shape index (κ3) is 4.37. The van der Waals surface area contributed by atoms with Crippen LogP contribution in [0.25, 0.3) is 0 Å². The zero-order chi connectivity index (χ0) is 18.4. The Morgan fingerprint density at radius 3 is 2.48 bits per heavy atom. The van der Waals surface area contributed by atoms with E-state index in [2.05, 4.69) is 0 Å². The monoisotopic (exact) mass is 352 g/mol. The summed E-state index contributed by atoms with van der Waals surface area (Å²) in [6.07, 6.45) is 1.84. The highest BCUT2D eigenvalue weighted by molar-refractivity contribution is 5.96. The molecule has 1 aromatic rings. The van der Waals surface area contributed by atoms with Gasteiger partial charge in [0.05, 0.1) is 24.7 Å². The summed E-state index contributed by atoms with van der Waals surface area (Å²) in [4.78, 5) is 36.3. The van der Waals surface area contributed by atoms with E-state index in [0.717, 1.165) is 18.9 Å². The molecule has 1 saturated heterocycles. The van der Waals surface area contributed by atoms with E-state index in [0.29, 0.717) is 13.1 Å². The molecule has 25 heavy (non-hydrogen) atoms. The quantitative estimate of drug-likeness (QED) is 0.418. The summed E-state index contributed by atoms with van der Waals surface area (Å²) < 4.78 is 15.3. The van der Waals surface area contributed by atoms with Crippen molar-refractivity contribution in [2.24, 2.45) is 0 Å². The van der Waals surface area contributed by atoms with Gasteiger partial charge in [0, 0.05) is 19.2 Å². The fourth-order valence-corrected chi connectivity index (χ4v) is 2.55. The Balaban J connectivity index is 2.19. The summed E-state index contributed by atoms with van der Waals surface area (Å²) in [5.74, 6) is -0.943. The van der Waals surface area contributed by atoms with Crippen LogP contribution in [0.1, 0.15) is 30.1 Å². The molecule has 1 fully saturated rings. The molecular formula is C16H20N2O7. The van der Waals surface area contributed by atoms with Gasteiger partial charge in [-0.3, -0.25) is 14.9 Å². The second kappa shape index (κ2) is 8.32. The SMILES string of the molecule is CCOc1cc(C(=O)OCC(=O)N2CCCC2)c([N+](=O)[O-])cc1OC. The number of nitrogens with zero attached hydrogens (tertiary/aromatic N) is 2. The zero-order valence-electron chi connectivity index (χ0n) is 14.1. The number of esters is 1. The lowest BCUT2D eigenvalue weighted by atomic mass is 10.1. The predicted molar refractivity (Wildman–Crippen MR) is 86.9 cm³/mol. The van der Waals surface area contributed by atoms with Gasteiger partial charge < -0.3 is 19.1 Å². The van der Waals surface area contributed by atoms with E-state index in [4.69, 9.17) is 14.2 Å². The number of likely N-dealkylation sites (tertiary alicyclic amines) is 1. The van der Waals surface area contributed by atoms with Gasteiger partial charge in [0.1, 0.15) is 5.56 Å². The molecule has 0 N–H and O–H groups in total. The van der Waals surface area contributed by atoms with Crippen molar-refractivity contribution in [1.82, 2.24) is 4.90 Å². The highest BCUT2D eigenvalue weighted by Crippen LogP contribution is 2.35. The number of hydrogen-bond acceptors (Lipinski definition) is 7. The number of hydrogen-bond donors (Lipinski definition) is 0. The maximum absolute atomic E-state index is 12.3. The first kappa shape index (κ1) is 18.5. The van der Waals surface area contributed by atoms with Gasteiger partial charge >= 0.3 is 5.97 Å². The number of rotatable bonds is 7. The average molecular weight is 352 g/mol. The summed E-state index contributed by atoms with van der Waals surface area (Å²) >= 11 is 0. The first-order chi connectivity index (χ1) is 12.0. The Morgan fingerprint density at radius 1 is 1.24 bits per heavy atom. The largest absolute Gasteiger partial charge is 0.493 e. The molecule has 0 bridgehead atoms. The lowest BCUT2D eigenvalue weighted by Crippen LogP contribution is -2.32. The van der Waals surface area contributed by atoms with Crippen LogP contribution < -0.4 is 9.47 Å². The van der Waals surface area contributed by atoms with Crippen LogP contribution in [0.15, 0.2) is 12.1 Å². The van der Waals surface area contributed by atoms with E-state index in [9.17, 15) is 19.7 Å². The van der Waals surface area contributed by atoms with Gasteiger partial charge in [-0.2, -0.15) is 0 Å². The molecule has 1 aromatic carbocycles. The highest BCUT2D eigenvalue weighted by atomic mass is 16.6. The Labute approximate surface area is 144 Å². The van der Waals surface area contributed by atoms with Crippen molar-refractivity contribution >= 4 is 17.6 Å². The number of amides is 1. The standard InChI is InChI=1S/C16H20N2O7/c1-3-24-14-8-11(12(18(21)22)9-13(14)23-2)16(20)25-10-15(19)17-6-4-5-7-17/h8-9H,3-7,10H2,1-2H3. The Hall–Kier alpha value is -2.84. The van der Waals surface area contributed by atoms with E-state index < -0.39 is 23.2 Å². The van der Waals surface area contributed by atoms with Crippen LogP contribution in [-0.4, -0.2) is 55.1 Å². The van der Waals surface area contributed by atoms with Crippen molar-refractivity contribution in [2.45, 2.75) is 19.8 Å². The molecule has 0 unspecified atom stereocenters. The van der Waals surface area contributed by atoms with Crippen molar-refractivity contribution in [3.05, 3.63) is 27.8 Å². The van der Waals surface area contributed by atoms with E-state index >= 15 is 0 Å². The van der Waals surface area contributed by atoms with Crippen LogP contribution in [0.4, 0.5) is 5.69 Å². The lowest BCUT2D eigenvalue weighted by Gasteiger charge is -2.15. The molecule has 2 rings (SSSR count). The fraction of sp³-hybridized carbons (Fsp3) is 0.500. The van der Waals surface area contributed by atoms with Crippen LogP contribution >= 0.6 is 0 Å². The van der Waals surface area contributed by atoms with Crippen molar-refractivity contribution in [3.63, 3.8) is 0 Å². The number of carbonyl (C=O) groups excluding carboxylic acids is 2. The van der Waals surface area contributed by atoms with Gasteiger partial charge in [-0.1, -0.05) is 0 Å². The molecule has 1 aliphatic heterocycles. The molecule has 0 aliphatic carbocycles. The van der Waals surface area contributed by atoms with Crippen LogP contribution in [0, 0.1) is 10.1 Å². The molecule has 136 valence electrons. The summed E-state index contributed by atoms with van der Waals surface area (Å²) in [6.45, 7) is 2.83. The topological polar surface area (TPSA) is 108 Å². The molecule has 0 saturated carbocycles. The maximum atomic E-state index is 12.3. The Kier molecular flexibility index (Phi) is 6.15. The van der Waals surface area contributed by atoms with E-state index in [-0.39, 0.29) is 29.6 Å². The molecule has 9 nitrogen and oxygen atoms in total. The summed E-state index contributed by atoms with van der Waals surface area (Å²) in [6, 6.07) is 2.30. The van der Waals surface area contributed by atoms with E-state index in [1.165, 1.54) is 13.2 Å². The summed E-state index contributed by atoms with van der Waals surface area (Å²) in [7, 11) is 1.34. The number of nitro benzene ring substituents is 1. The van der Waals surface area contributed by atoms with Crippen molar-refractivity contribution in [3.8, 4) is 11.5 Å². The minimum absolute atomic E-state index is 0.137. The van der Waals surface area contributed by atoms with Gasteiger partial charge in [-0.05, 0) is 19.8 Å². The number of ether oxygens (including phenoxy) is 3. The first-order valence-corrected chi connectivity index (χ1v) is 7.92. The third-order valence-electron chi connectivity index (χ3n) is 3.78. The fourth-order valence-electron chi connectivity index (χ4n) is 2.55. The smallest absolute Gasteiger partial charge is 0.345 e. The molecule has 0 aromatic heterocycles. The van der Waals surface area contributed by atoms with Crippen molar-refractivity contribution in [2.75, 3.05) is 33.4 Å². The van der Waals surface area contributed by atoms with Crippen molar-refractivity contribution < 1.29 is 28.7 Å². The van der Waals surface area contributed by atoms with Crippen molar-refractivity contribution in [1.29, 1.82) is 0 Å². The Bertz CT molecular complexity index is 669. The maximum Gasteiger partial charge on any atom is 0.345 e. The Morgan fingerprint density at radius 2 is 1.92 bits per heavy atom. The molecule has 0 radical (unpaired) electrons. The normalized spacial score (nSPS) is 13.4. The predicted octanol–water partition coefficient (Wildman–Crippen LogP) is 1.78. The van der Waals surface area contributed by atoms with Gasteiger partial charge in [0.15, 0.2) is 18.1 Å². The third-order valence-corrected chi connectivity index (χ3v) is 3.78. The highest BCUT2D eigenvalue weighted by Gasteiger charge is 2.27. The molecule has 1 heterocycles. The summed E-state index contributed by atoms with van der Waals surface area (Å²) in [5, 5.41) is 11.2. The molecule has 0 atom stereocenters. The average Bonchev–Trinajstić information content (AvgIpc) is 3.13. The molecule has 0 spiro atoms. The van der Waals surface area contributed by atoms with Gasteiger partial charge in [0.2, 0.25) is 0 Å². The summed E-state index contributed by atoms with van der Waals surface area (Å²) in [5.41, 5.74) is -0.762. The van der Waals surface area contributed by atoms with E-state index in [1.54, 1.807) is 11.8 Å². The van der Waals surface area contributed by atoms with Crippen LogP contribution in [0.3, 0.4) is 0 Å². The number of methoxy groups -OCH3 is 1. The number of carbonyl (C=O) groups is 2. The minimum Gasteiger partial charge on any atom is -0.493 e. The van der Waals surface area contributed by atoms with Gasteiger partial charge in [-0.25, -0.2) is 4.79 Å².